The lowest BCUT2D eigenvalue weighted by atomic mass is 9.89. The first kappa shape index (κ1) is 18.7. The van der Waals surface area contributed by atoms with Crippen LogP contribution in [-0.2, 0) is 0 Å². The van der Waals surface area contributed by atoms with Crippen LogP contribution in [0.5, 0.6) is 0 Å². The van der Waals surface area contributed by atoms with Crippen molar-refractivity contribution in [3.8, 4) is 0 Å². The summed E-state index contributed by atoms with van der Waals surface area (Å²) in [6.45, 7) is 1.19. The minimum atomic E-state index is -0.0430. The van der Waals surface area contributed by atoms with E-state index in [0.29, 0.717) is 22.6 Å². The summed E-state index contributed by atoms with van der Waals surface area (Å²) in [7, 11) is 3.52. The van der Waals surface area contributed by atoms with Crippen LogP contribution >= 0.6 is 11.3 Å². The van der Waals surface area contributed by atoms with Gasteiger partial charge in [0.2, 0.25) is 0 Å². The number of nitrogens with two attached hydrogens (primary N) is 1. The van der Waals surface area contributed by atoms with Crippen molar-refractivity contribution in [3.63, 3.8) is 0 Å². The molecular weight excluding hydrogens is 356 g/mol. The minimum Gasteiger partial charge on any atom is -0.397 e. The lowest BCUT2D eigenvalue weighted by molar-refractivity contribution is 0.0702. The molecule has 2 aliphatic rings. The normalized spacial score (nSPS) is 22.2. The Labute approximate surface area is 165 Å². The molecule has 1 saturated carbocycles. The first-order valence-corrected chi connectivity index (χ1v) is 11.0. The van der Waals surface area contributed by atoms with Gasteiger partial charge >= 0.3 is 0 Å². The van der Waals surface area contributed by atoms with Crippen LogP contribution in [0.2, 0.25) is 0 Å². The third-order valence-corrected chi connectivity index (χ3v) is 7.25. The molecule has 6 heteroatoms. The van der Waals surface area contributed by atoms with E-state index in [0.717, 1.165) is 15.9 Å². The fourth-order valence-electron chi connectivity index (χ4n) is 4.68. The highest BCUT2D eigenvalue weighted by Crippen LogP contribution is 2.39. The number of hydrogen-bond acceptors (Lipinski definition) is 5. The van der Waals surface area contributed by atoms with Crippen LogP contribution in [0.15, 0.2) is 12.1 Å². The number of fused-ring (bicyclic) bond motifs is 1. The summed E-state index contributed by atoms with van der Waals surface area (Å²) in [5.41, 5.74) is 7.98. The van der Waals surface area contributed by atoms with Crippen molar-refractivity contribution in [3.05, 3.63) is 22.7 Å². The molecule has 1 atom stereocenters. The minimum absolute atomic E-state index is 0.0430. The Morgan fingerprint density at radius 2 is 1.89 bits per heavy atom. The number of anilines is 1. The van der Waals surface area contributed by atoms with Gasteiger partial charge in [-0.1, -0.05) is 25.7 Å². The third-order valence-electron chi connectivity index (χ3n) is 6.15. The molecular formula is C21H30N4OS. The molecule has 2 aromatic rings. The van der Waals surface area contributed by atoms with Crippen LogP contribution in [0.25, 0.3) is 10.2 Å². The van der Waals surface area contributed by atoms with E-state index in [-0.39, 0.29) is 5.91 Å². The Kier molecular flexibility index (Phi) is 5.37. The fraction of sp³-hybridized carbons (Fsp3) is 0.619. The van der Waals surface area contributed by atoms with Crippen molar-refractivity contribution in [2.45, 2.75) is 63.5 Å². The highest BCUT2D eigenvalue weighted by atomic mass is 32.1. The average molecular weight is 387 g/mol. The summed E-state index contributed by atoms with van der Waals surface area (Å²) in [5.74, 6) is -0.0430. The molecule has 146 valence electrons. The number of aromatic nitrogens is 1. The molecule has 3 heterocycles. The number of carbonyl (C=O) groups excluding carboxylic acids is 1. The first-order chi connectivity index (χ1) is 13.1. The van der Waals surface area contributed by atoms with E-state index in [9.17, 15) is 4.79 Å². The van der Waals surface area contributed by atoms with E-state index in [1.54, 1.807) is 19.0 Å². The SMILES string of the molecule is CN(C)C(=O)c1sc2nc(C3CCCCN3C3CCCCC3)ccc2c1N. The number of likely N-dealkylation sites (tertiary alicyclic amines) is 1. The fourth-order valence-corrected chi connectivity index (χ4v) is 5.80. The standard InChI is InChI=1S/C21H30N4OS/c1-24(2)21(26)19-18(22)15-11-12-16(23-20(15)27-19)17-10-6-7-13-25(17)14-8-4-3-5-9-14/h11-12,14,17H,3-10,13,22H2,1-2H3. The van der Waals surface area contributed by atoms with Crippen molar-refractivity contribution >= 4 is 33.1 Å². The molecule has 0 spiro atoms. The van der Waals surface area contributed by atoms with Gasteiger partial charge in [-0.3, -0.25) is 9.69 Å². The van der Waals surface area contributed by atoms with Gasteiger partial charge in [0.15, 0.2) is 0 Å². The number of hydrogen-bond donors (Lipinski definition) is 1. The van der Waals surface area contributed by atoms with Gasteiger partial charge < -0.3 is 10.6 Å². The molecule has 0 aromatic carbocycles. The average Bonchev–Trinajstić information content (AvgIpc) is 3.04. The number of nitrogen functional groups attached to an aromatic ring is 1. The van der Waals surface area contributed by atoms with Crippen LogP contribution in [0.1, 0.15) is 72.8 Å². The van der Waals surface area contributed by atoms with Gasteiger partial charge in [-0.25, -0.2) is 4.98 Å². The molecule has 27 heavy (non-hydrogen) atoms. The van der Waals surface area contributed by atoms with Crippen molar-refractivity contribution in [2.75, 3.05) is 26.4 Å². The maximum Gasteiger partial charge on any atom is 0.265 e. The van der Waals surface area contributed by atoms with E-state index >= 15 is 0 Å². The number of thiophene rings is 1. The van der Waals surface area contributed by atoms with Crippen LogP contribution in [0.3, 0.4) is 0 Å². The summed E-state index contributed by atoms with van der Waals surface area (Å²) in [6, 6.07) is 5.33. The predicted octanol–water partition coefficient (Wildman–Crippen LogP) is 4.44. The van der Waals surface area contributed by atoms with E-state index in [1.807, 2.05) is 0 Å². The number of carbonyl (C=O) groups is 1. The van der Waals surface area contributed by atoms with Crippen molar-refractivity contribution in [1.82, 2.24) is 14.8 Å². The van der Waals surface area contributed by atoms with Gasteiger partial charge in [0.1, 0.15) is 9.71 Å². The second kappa shape index (κ2) is 7.76. The topological polar surface area (TPSA) is 62.5 Å². The van der Waals surface area contributed by atoms with Crippen LogP contribution in [0, 0.1) is 0 Å². The van der Waals surface area contributed by atoms with E-state index in [1.165, 1.54) is 69.2 Å². The van der Waals surface area contributed by atoms with Crippen LogP contribution in [-0.4, -0.2) is 47.4 Å². The molecule has 2 aromatic heterocycles. The zero-order chi connectivity index (χ0) is 19.0. The van der Waals surface area contributed by atoms with E-state index in [2.05, 4.69) is 17.0 Å². The van der Waals surface area contributed by atoms with Crippen molar-refractivity contribution in [1.29, 1.82) is 0 Å². The van der Waals surface area contributed by atoms with Gasteiger partial charge in [-0.05, 0) is 44.4 Å². The van der Waals surface area contributed by atoms with Gasteiger partial charge in [0.25, 0.3) is 5.91 Å². The predicted molar refractivity (Wildman–Crippen MR) is 112 cm³/mol. The monoisotopic (exact) mass is 386 g/mol. The Morgan fingerprint density at radius 1 is 1.15 bits per heavy atom. The zero-order valence-corrected chi connectivity index (χ0v) is 17.2. The molecule has 1 saturated heterocycles. The van der Waals surface area contributed by atoms with Crippen molar-refractivity contribution < 1.29 is 4.79 Å². The molecule has 1 amide bonds. The smallest absolute Gasteiger partial charge is 0.265 e. The maximum atomic E-state index is 12.4. The summed E-state index contributed by atoms with van der Waals surface area (Å²) < 4.78 is 0. The quantitative estimate of drug-likeness (QED) is 0.847. The number of nitrogens with zero attached hydrogens (tertiary/aromatic N) is 3. The third kappa shape index (κ3) is 3.57. The lowest BCUT2D eigenvalue weighted by Crippen LogP contribution is -2.42. The summed E-state index contributed by atoms with van der Waals surface area (Å²) in [5, 5.41) is 0.911. The molecule has 4 rings (SSSR count). The number of rotatable bonds is 3. The van der Waals surface area contributed by atoms with Gasteiger partial charge in [0.05, 0.1) is 17.4 Å². The maximum absolute atomic E-state index is 12.4. The largest absolute Gasteiger partial charge is 0.397 e. The summed E-state index contributed by atoms with van der Waals surface area (Å²) >= 11 is 1.43. The summed E-state index contributed by atoms with van der Waals surface area (Å²) in [6.07, 6.45) is 10.5. The second-order valence-corrected chi connectivity index (χ2v) is 9.17. The molecule has 1 aliphatic heterocycles. The highest BCUT2D eigenvalue weighted by molar-refractivity contribution is 7.21. The zero-order valence-electron chi connectivity index (χ0n) is 16.4. The Bertz CT molecular complexity index is 825. The number of amides is 1. The first-order valence-electron chi connectivity index (χ1n) is 10.2. The second-order valence-electron chi connectivity index (χ2n) is 8.17. The Balaban J connectivity index is 1.66. The molecule has 2 fully saturated rings. The molecule has 5 nitrogen and oxygen atoms in total. The highest BCUT2D eigenvalue weighted by Gasteiger charge is 2.32. The molecule has 0 bridgehead atoms. The van der Waals surface area contributed by atoms with Crippen LogP contribution < -0.4 is 5.73 Å². The number of piperidine rings is 1. The van der Waals surface area contributed by atoms with Crippen molar-refractivity contribution in [2.24, 2.45) is 0 Å². The van der Waals surface area contributed by atoms with E-state index < -0.39 is 0 Å². The Morgan fingerprint density at radius 3 is 2.63 bits per heavy atom. The van der Waals surface area contributed by atoms with Gasteiger partial charge in [-0.15, -0.1) is 11.3 Å². The number of pyridine rings is 1. The van der Waals surface area contributed by atoms with Crippen LogP contribution in [0.4, 0.5) is 5.69 Å². The molecule has 2 N–H and O–H groups in total. The molecule has 1 unspecified atom stereocenters. The van der Waals surface area contributed by atoms with Gasteiger partial charge in [0, 0.05) is 25.5 Å². The van der Waals surface area contributed by atoms with E-state index in [4.69, 9.17) is 10.7 Å². The molecule has 1 aliphatic carbocycles. The Hall–Kier alpha value is -1.66. The summed E-state index contributed by atoms with van der Waals surface area (Å²) in [4.78, 5) is 23.2. The van der Waals surface area contributed by atoms with Gasteiger partial charge in [-0.2, -0.15) is 0 Å². The lowest BCUT2D eigenvalue weighted by Gasteiger charge is -2.42. The molecule has 0 radical (unpaired) electrons.